The number of hydrogen-bond donors (Lipinski definition) is 3. The van der Waals surface area contributed by atoms with Crippen LogP contribution in [-0.4, -0.2) is 38.9 Å². The van der Waals surface area contributed by atoms with Gasteiger partial charge in [0.15, 0.2) is 0 Å². The number of imide groups is 1. The minimum atomic E-state index is -3.55. The SMILES string of the molecule is COc1ccc(C(=O)NC(=O)O)cc1NS(C)(=O)=O. The van der Waals surface area contributed by atoms with Crippen molar-refractivity contribution >= 4 is 27.7 Å². The first kappa shape index (κ1) is 14.8. The summed E-state index contributed by atoms with van der Waals surface area (Å²) < 4.78 is 29.4. The summed E-state index contributed by atoms with van der Waals surface area (Å²) in [5.41, 5.74) is 0.0254. The minimum Gasteiger partial charge on any atom is -0.495 e. The maximum atomic E-state index is 11.5. The first-order chi connectivity index (χ1) is 8.73. The van der Waals surface area contributed by atoms with Crippen molar-refractivity contribution in [2.75, 3.05) is 18.1 Å². The highest BCUT2D eigenvalue weighted by Crippen LogP contribution is 2.26. The van der Waals surface area contributed by atoms with Crippen LogP contribution in [0, 0.1) is 0 Å². The van der Waals surface area contributed by atoms with Gasteiger partial charge in [0.25, 0.3) is 5.91 Å². The number of rotatable bonds is 4. The molecule has 8 nitrogen and oxygen atoms in total. The van der Waals surface area contributed by atoms with Crippen molar-refractivity contribution in [2.24, 2.45) is 0 Å². The lowest BCUT2D eigenvalue weighted by Crippen LogP contribution is -2.28. The molecule has 0 aromatic heterocycles. The molecule has 0 saturated carbocycles. The zero-order valence-electron chi connectivity index (χ0n) is 10.1. The Bertz CT molecular complexity index is 610. The number of carbonyl (C=O) groups excluding carboxylic acids is 1. The highest BCUT2D eigenvalue weighted by atomic mass is 32.2. The zero-order chi connectivity index (χ0) is 14.6. The Morgan fingerprint density at radius 1 is 1.32 bits per heavy atom. The van der Waals surface area contributed by atoms with Crippen molar-refractivity contribution in [3.63, 3.8) is 0 Å². The van der Waals surface area contributed by atoms with E-state index < -0.39 is 22.0 Å². The highest BCUT2D eigenvalue weighted by molar-refractivity contribution is 7.92. The fourth-order valence-electron chi connectivity index (χ4n) is 1.30. The van der Waals surface area contributed by atoms with Gasteiger partial charge < -0.3 is 9.84 Å². The van der Waals surface area contributed by atoms with Crippen LogP contribution in [0.1, 0.15) is 10.4 Å². The lowest BCUT2D eigenvalue weighted by Gasteiger charge is -2.11. The maximum absolute atomic E-state index is 11.5. The van der Waals surface area contributed by atoms with Crippen LogP contribution in [0.2, 0.25) is 0 Å². The van der Waals surface area contributed by atoms with Crippen LogP contribution in [-0.2, 0) is 10.0 Å². The second kappa shape index (κ2) is 5.57. The average molecular weight is 288 g/mol. The summed E-state index contributed by atoms with van der Waals surface area (Å²) in [5, 5.41) is 10.1. The number of sulfonamides is 1. The molecule has 3 N–H and O–H groups in total. The van der Waals surface area contributed by atoms with Crippen molar-refractivity contribution in [2.45, 2.75) is 0 Å². The summed E-state index contributed by atoms with van der Waals surface area (Å²) in [6, 6.07) is 3.84. The summed E-state index contributed by atoms with van der Waals surface area (Å²) in [7, 11) is -2.22. The van der Waals surface area contributed by atoms with E-state index in [2.05, 4.69) is 4.72 Å². The molecule has 0 aliphatic heterocycles. The fourth-order valence-corrected chi connectivity index (χ4v) is 1.86. The largest absolute Gasteiger partial charge is 0.495 e. The van der Waals surface area contributed by atoms with Crippen LogP contribution in [0.4, 0.5) is 10.5 Å². The first-order valence-corrected chi connectivity index (χ1v) is 6.82. The average Bonchev–Trinajstić information content (AvgIpc) is 2.25. The number of hydrogen-bond acceptors (Lipinski definition) is 5. The van der Waals surface area contributed by atoms with E-state index >= 15 is 0 Å². The third-order valence-electron chi connectivity index (χ3n) is 1.98. The monoisotopic (exact) mass is 288 g/mol. The summed E-state index contributed by atoms with van der Waals surface area (Å²) in [4.78, 5) is 21.8. The van der Waals surface area contributed by atoms with Crippen LogP contribution in [0.3, 0.4) is 0 Å². The minimum absolute atomic E-state index is 0.0191. The van der Waals surface area contributed by atoms with Gasteiger partial charge >= 0.3 is 6.09 Å². The molecule has 0 saturated heterocycles. The number of nitrogens with one attached hydrogen (secondary N) is 2. The van der Waals surface area contributed by atoms with Crippen LogP contribution in [0.25, 0.3) is 0 Å². The Labute approximate surface area is 109 Å². The molecule has 1 aromatic carbocycles. The molecule has 0 aliphatic carbocycles. The molecule has 0 unspecified atom stereocenters. The van der Waals surface area contributed by atoms with Gasteiger partial charge in [-0.15, -0.1) is 0 Å². The Morgan fingerprint density at radius 2 is 1.95 bits per heavy atom. The van der Waals surface area contributed by atoms with Gasteiger partial charge in [-0.1, -0.05) is 0 Å². The second-order valence-electron chi connectivity index (χ2n) is 3.55. The second-order valence-corrected chi connectivity index (χ2v) is 5.30. The lowest BCUT2D eigenvalue weighted by molar-refractivity contribution is 0.0948. The van der Waals surface area contributed by atoms with E-state index in [4.69, 9.17) is 9.84 Å². The third-order valence-corrected chi connectivity index (χ3v) is 2.57. The van der Waals surface area contributed by atoms with Crippen LogP contribution >= 0.6 is 0 Å². The number of amides is 2. The smallest absolute Gasteiger partial charge is 0.411 e. The number of benzene rings is 1. The van der Waals surface area contributed by atoms with Gasteiger partial charge in [0, 0.05) is 5.56 Å². The van der Waals surface area contributed by atoms with Crippen LogP contribution in [0.15, 0.2) is 18.2 Å². The van der Waals surface area contributed by atoms with Gasteiger partial charge in [0.05, 0.1) is 19.1 Å². The van der Waals surface area contributed by atoms with Gasteiger partial charge in [-0.25, -0.2) is 13.2 Å². The van der Waals surface area contributed by atoms with E-state index in [0.717, 1.165) is 6.26 Å². The molecule has 0 bridgehead atoms. The van der Waals surface area contributed by atoms with Gasteiger partial charge in [0.2, 0.25) is 10.0 Å². The molecule has 0 fully saturated rings. The number of carbonyl (C=O) groups is 2. The van der Waals surface area contributed by atoms with Crippen molar-refractivity contribution in [1.29, 1.82) is 0 Å². The Morgan fingerprint density at radius 3 is 2.42 bits per heavy atom. The molecule has 0 spiro atoms. The number of carboxylic acid groups (broad SMARTS) is 1. The van der Waals surface area contributed by atoms with Crippen LogP contribution < -0.4 is 14.8 Å². The standard InChI is InChI=1S/C10H12N2O6S/c1-18-8-4-3-6(9(13)11-10(14)15)5-7(8)12-19(2,16)17/h3-5,12H,1-2H3,(H,11,13)(H,14,15). The van der Waals surface area contributed by atoms with Crippen molar-refractivity contribution in [3.8, 4) is 5.75 Å². The van der Waals surface area contributed by atoms with Crippen molar-refractivity contribution < 1.29 is 27.9 Å². The van der Waals surface area contributed by atoms with Gasteiger partial charge in [-0.3, -0.25) is 14.8 Å². The normalized spacial score (nSPS) is 10.6. The molecule has 0 aliphatic rings. The van der Waals surface area contributed by atoms with Crippen LogP contribution in [0.5, 0.6) is 5.75 Å². The molecule has 9 heteroatoms. The fraction of sp³-hybridized carbons (Fsp3) is 0.200. The van der Waals surface area contributed by atoms with Gasteiger partial charge in [-0.2, -0.15) is 0 Å². The summed E-state index contributed by atoms with van der Waals surface area (Å²) in [6.07, 6.45) is -0.561. The van der Waals surface area contributed by atoms with E-state index in [9.17, 15) is 18.0 Å². The Kier molecular flexibility index (Phi) is 4.33. The van der Waals surface area contributed by atoms with Crippen molar-refractivity contribution in [3.05, 3.63) is 23.8 Å². The number of anilines is 1. The molecular formula is C10H12N2O6S. The Balaban J connectivity index is 3.14. The van der Waals surface area contributed by atoms with E-state index in [-0.39, 0.29) is 17.0 Å². The summed E-state index contributed by atoms with van der Waals surface area (Å²) in [5.74, 6) is -0.663. The number of methoxy groups -OCH3 is 1. The van der Waals surface area contributed by atoms with Gasteiger partial charge in [-0.05, 0) is 18.2 Å². The van der Waals surface area contributed by atoms with E-state index in [1.54, 1.807) is 5.32 Å². The summed E-state index contributed by atoms with van der Waals surface area (Å²) in [6.45, 7) is 0. The predicted octanol–water partition coefficient (Wildman–Crippen LogP) is 0.475. The Hall–Kier alpha value is -2.29. The molecular weight excluding hydrogens is 276 g/mol. The lowest BCUT2D eigenvalue weighted by atomic mass is 10.2. The quantitative estimate of drug-likeness (QED) is 0.740. The molecule has 2 amide bonds. The van der Waals surface area contributed by atoms with Crippen molar-refractivity contribution in [1.82, 2.24) is 5.32 Å². The van der Waals surface area contributed by atoms with E-state index in [1.807, 2.05) is 0 Å². The molecule has 0 radical (unpaired) electrons. The van der Waals surface area contributed by atoms with Gasteiger partial charge in [0.1, 0.15) is 5.75 Å². The molecule has 0 atom stereocenters. The first-order valence-electron chi connectivity index (χ1n) is 4.93. The number of ether oxygens (including phenoxy) is 1. The van der Waals surface area contributed by atoms with E-state index in [0.29, 0.717) is 0 Å². The molecule has 0 heterocycles. The molecule has 19 heavy (non-hydrogen) atoms. The highest BCUT2D eigenvalue weighted by Gasteiger charge is 2.14. The van der Waals surface area contributed by atoms with E-state index in [1.165, 1.54) is 25.3 Å². The third kappa shape index (κ3) is 4.47. The molecule has 1 aromatic rings. The predicted molar refractivity (Wildman–Crippen MR) is 67.0 cm³/mol. The molecule has 104 valence electrons. The zero-order valence-corrected chi connectivity index (χ0v) is 10.9. The topological polar surface area (TPSA) is 122 Å². The molecule has 1 rings (SSSR count). The maximum Gasteiger partial charge on any atom is 0.411 e. The summed E-state index contributed by atoms with van der Waals surface area (Å²) >= 11 is 0.